The molecule has 0 heterocycles. The Morgan fingerprint density at radius 2 is 2.04 bits per heavy atom. The molecule has 3 rings (SSSR count). The highest BCUT2D eigenvalue weighted by atomic mass is 35.5. The van der Waals surface area contributed by atoms with Crippen LogP contribution >= 0.6 is 11.6 Å². The minimum Gasteiger partial charge on any atom is -0.507 e. The predicted octanol–water partition coefficient (Wildman–Crippen LogP) is 5.12. The molecule has 138 valence electrons. The summed E-state index contributed by atoms with van der Waals surface area (Å²) in [5.74, 6) is 1.30. The number of benzene rings is 1. The number of hydrogen-bond acceptors (Lipinski definition) is 2. The Morgan fingerprint density at radius 1 is 1.32 bits per heavy atom. The third-order valence-electron chi connectivity index (χ3n) is 6.25. The van der Waals surface area contributed by atoms with Crippen LogP contribution in [0.25, 0.3) is 0 Å². The lowest BCUT2D eigenvalue weighted by molar-refractivity contribution is -0.119. The van der Waals surface area contributed by atoms with Gasteiger partial charge in [0.2, 0.25) is 5.91 Å². The van der Waals surface area contributed by atoms with Gasteiger partial charge in [0, 0.05) is 5.56 Å². The number of hydrogen-bond donors (Lipinski definition) is 2. The Morgan fingerprint density at radius 3 is 2.68 bits per heavy atom. The van der Waals surface area contributed by atoms with Gasteiger partial charge in [-0.15, -0.1) is 11.6 Å². The van der Waals surface area contributed by atoms with Crippen LogP contribution < -0.4 is 5.32 Å². The summed E-state index contributed by atoms with van der Waals surface area (Å²) in [5.41, 5.74) is 4.50. The van der Waals surface area contributed by atoms with Crippen molar-refractivity contribution in [2.75, 3.05) is 5.88 Å². The highest BCUT2D eigenvalue weighted by Crippen LogP contribution is 2.47. The van der Waals surface area contributed by atoms with Crippen molar-refractivity contribution in [3.8, 4) is 5.75 Å². The van der Waals surface area contributed by atoms with Crippen LogP contribution in [0.1, 0.15) is 86.1 Å². The third-order valence-corrected chi connectivity index (χ3v) is 6.49. The molecule has 2 aliphatic rings. The van der Waals surface area contributed by atoms with Crippen molar-refractivity contribution >= 4 is 17.5 Å². The zero-order valence-electron chi connectivity index (χ0n) is 15.4. The summed E-state index contributed by atoms with van der Waals surface area (Å²) >= 11 is 5.66. The first kappa shape index (κ1) is 18.6. The van der Waals surface area contributed by atoms with E-state index in [1.165, 1.54) is 43.2 Å². The quantitative estimate of drug-likeness (QED) is 0.713. The number of nitrogens with one attached hydrogen (secondary N) is 1. The fraction of sp³-hybridized carbons (Fsp3) is 0.667. The van der Waals surface area contributed by atoms with Crippen LogP contribution in [0.4, 0.5) is 0 Å². The number of alkyl halides is 1. The summed E-state index contributed by atoms with van der Waals surface area (Å²) in [5, 5.41) is 14.1. The maximum Gasteiger partial charge on any atom is 0.235 e. The Kier molecular flexibility index (Phi) is 5.93. The van der Waals surface area contributed by atoms with E-state index in [2.05, 4.69) is 25.2 Å². The molecular weight excluding hydrogens is 334 g/mol. The topological polar surface area (TPSA) is 49.3 Å². The largest absolute Gasteiger partial charge is 0.507 e. The van der Waals surface area contributed by atoms with Crippen molar-refractivity contribution in [2.24, 2.45) is 5.92 Å². The van der Waals surface area contributed by atoms with Crippen molar-refractivity contribution < 1.29 is 9.90 Å². The standard InChI is InChI=1S/C21H30ClNO2/c1-3-15(14-7-5-4-6-8-14)17-11-13(2)16-9-10-18(20(16)21(17)25)23-19(24)12-22/h11,14-15,18,25H,3-10,12H2,1-2H3,(H,23,24). The summed E-state index contributed by atoms with van der Waals surface area (Å²) in [7, 11) is 0. The van der Waals surface area contributed by atoms with Gasteiger partial charge in [0.05, 0.1) is 6.04 Å². The average Bonchev–Trinajstić information content (AvgIpc) is 3.05. The van der Waals surface area contributed by atoms with E-state index < -0.39 is 0 Å². The summed E-state index contributed by atoms with van der Waals surface area (Å²) < 4.78 is 0. The van der Waals surface area contributed by atoms with E-state index in [9.17, 15) is 9.90 Å². The second kappa shape index (κ2) is 7.99. The van der Waals surface area contributed by atoms with Crippen molar-refractivity contribution in [3.05, 3.63) is 28.3 Å². The number of phenols is 1. The van der Waals surface area contributed by atoms with Crippen molar-refractivity contribution in [3.63, 3.8) is 0 Å². The molecule has 0 spiro atoms. The second-order valence-electron chi connectivity index (χ2n) is 7.73. The molecule has 2 N–H and O–H groups in total. The smallest absolute Gasteiger partial charge is 0.235 e. The lowest BCUT2D eigenvalue weighted by atomic mass is 9.74. The molecule has 2 aliphatic carbocycles. The number of amides is 1. The van der Waals surface area contributed by atoms with Gasteiger partial charge in [0.25, 0.3) is 0 Å². The van der Waals surface area contributed by atoms with Gasteiger partial charge in [-0.25, -0.2) is 0 Å². The normalized spacial score (nSPS) is 21.8. The van der Waals surface area contributed by atoms with Crippen LogP contribution in [0, 0.1) is 12.8 Å². The first-order valence-corrected chi connectivity index (χ1v) is 10.3. The molecule has 2 unspecified atom stereocenters. The van der Waals surface area contributed by atoms with E-state index in [-0.39, 0.29) is 17.8 Å². The molecule has 3 nitrogen and oxygen atoms in total. The van der Waals surface area contributed by atoms with Crippen LogP contribution in [-0.4, -0.2) is 16.9 Å². The Balaban J connectivity index is 1.97. The van der Waals surface area contributed by atoms with Gasteiger partial charge in [-0.05, 0) is 67.6 Å². The maximum absolute atomic E-state index is 11.8. The van der Waals surface area contributed by atoms with Gasteiger partial charge in [-0.2, -0.15) is 0 Å². The zero-order valence-corrected chi connectivity index (χ0v) is 16.2. The van der Waals surface area contributed by atoms with Crippen LogP contribution in [0.15, 0.2) is 6.07 Å². The maximum atomic E-state index is 11.8. The molecule has 4 heteroatoms. The lowest BCUT2D eigenvalue weighted by Gasteiger charge is -2.31. The molecule has 0 radical (unpaired) electrons. The highest BCUT2D eigenvalue weighted by molar-refractivity contribution is 6.27. The Hall–Kier alpha value is -1.22. The SMILES string of the molecule is CCC(c1cc(C)c2c(c1O)C(NC(=O)CCl)CC2)C1CCCCC1. The summed E-state index contributed by atoms with van der Waals surface area (Å²) in [6, 6.07) is 2.10. The van der Waals surface area contributed by atoms with E-state index in [0.717, 1.165) is 30.4 Å². The fourth-order valence-corrected chi connectivity index (χ4v) is 5.12. The van der Waals surface area contributed by atoms with E-state index in [4.69, 9.17) is 11.6 Å². The van der Waals surface area contributed by atoms with E-state index >= 15 is 0 Å². The number of fused-ring (bicyclic) bond motifs is 1. The van der Waals surface area contributed by atoms with Crippen LogP contribution in [0.5, 0.6) is 5.75 Å². The summed E-state index contributed by atoms with van der Waals surface area (Å²) in [4.78, 5) is 11.8. The number of halogens is 1. The molecule has 2 atom stereocenters. The van der Waals surface area contributed by atoms with Crippen LogP contribution in [-0.2, 0) is 11.2 Å². The number of carbonyl (C=O) groups is 1. The highest BCUT2D eigenvalue weighted by Gasteiger charge is 2.33. The van der Waals surface area contributed by atoms with Gasteiger partial charge in [0.1, 0.15) is 11.6 Å². The molecule has 25 heavy (non-hydrogen) atoms. The number of aryl methyl sites for hydroxylation is 1. The first-order chi connectivity index (χ1) is 12.1. The van der Waals surface area contributed by atoms with Gasteiger partial charge < -0.3 is 10.4 Å². The number of aromatic hydroxyl groups is 1. The van der Waals surface area contributed by atoms with E-state index in [1.807, 2.05) is 0 Å². The molecular formula is C21H30ClNO2. The van der Waals surface area contributed by atoms with Gasteiger partial charge in [0.15, 0.2) is 0 Å². The Labute approximate surface area is 156 Å². The van der Waals surface area contributed by atoms with Crippen LogP contribution in [0.3, 0.4) is 0 Å². The molecule has 0 saturated heterocycles. The molecule has 1 fully saturated rings. The van der Waals surface area contributed by atoms with E-state index in [0.29, 0.717) is 17.6 Å². The molecule has 1 aromatic rings. The van der Waals surface area contributed by atoms with Crippen LogP contribution in [0.2, 0.25) is 0 Å². The first-order valence-electron chi connectivity index (χ1n) is 9.77. The fourth-order valence-electron chi connectivity index (χ4n) is 5.04. The monoisotopic (exact) mass is 363 g/mol. The third kappa shape index (κ3) is 3.67. The van der Waals surface area contributed by atoms with Gasteiger partial charge in [-0.3, -0.25) is 4.79 Å². The molecule has 0 bridgehead atoms. The molecule has 1 saturated carbocycles. The minimum atomic E-state index is -0.165. The summed E-state index contributed by atoms with van der Waals surface area (Å²) in [6.45, 7) is 4.37. The lowest BCUT2D eigenvalue weighted by Crippen LogP contribution is -2.28. The molecule has 0 aliphatic heterocycles. The van der Waals surface area contributed by atoms with E-state index in [1.54, 1.807) is 0 Å². The van der Waals surface area contributed by atoms with Crippen molar-refractivity contribution in [1.82, 2.24) is 5.32 Å². The minimum absolute atomic E-state index is 0.0368. The van der Waals surface area contributed by atoms with Gasteiger partial charge >= 0.3 is 0 Å². The molecule has 1 aromatic carbocycles. The second-order valence-corrected chi connectivity index (χ2v) is 8.00. The number of carbonyl (C=O) groups excluding carboxylic acids is 1. The van der Waals surface area contributed by atoms with Crippen molar-refractivity contribution in [2.45, 2.75) is 77.2 Å². The van der Waals surface area contributed by atoms with Crippen molar-refractivity contribution in [1.29, 1.82) is 0 Å². The predicted molar refractivity (Wildman–Crippen MR) is 102 cm³/mol. The van der Waals surface area contributed by atoms with Gasteiger partial charge in [-0.1, -0.05) is 32.3 Å². The molecule has 1 amide bonds. The Bertz CT molecular complexity index is 637. The number of phenolic OH excluding ortho intramolecular Hbond substituents is 1. The average molecular weight is 364 g/mol. The molecule has 0 aromatic heterocycles. The summed E-state index contributed by atoms with van der Waals surface area (Å²) in [6.07, 6.45) is 9.28. The zero-order chi connectivity index (χ0) is 18.0. The number of rotatable bonds is 5.